The van der Waals surface area contributed by atoms with Crippen molar-refractivity contribution in [1.29, 1.82) is 0 Å². The van der Waals surface area contributed by atoms with Crippen molar-refractivity contribution in [2.24, 2.45) is 0 Å². The molecule has 1 aliphatic rings. The Balaban J connectivity index is 0.000000490. The van der Waals surface area contributed by atoms with Crippen LogP contribution in [0.5, 0.6) is 0 Å². The topological polar surface area (TPSA) is 0 Å². The van der Waals surface area contributed by atoms with Crippen molar-refractivity contribution < 1.29 is 24.0 Å². The molecule has 8 heavy (non-hydrogen) atoms. The van der Waals surface area contributed by atoms with Gasteiger partial charge in [-0.1, -0.05) is 6.92 Å². The molecule has 2 heteroatoms. The molecular weight excluding hydrogens is 231 g/mol. The van der Waals surface area contributed by atoms with Gasteiger partial charge in [0.1, 0.15) is 0 Å². The van der Waals surface area contributed by atoms with Crippen LogP contribution in [0.1, 0.15) is 19.8 Å². The highest BCUT2D eigenvalue weighted by molar-refractivity contribution is 8.17. The predicted octanol–water partition coefficient (Wildman–Crippen LogP) is -0.929. The van der Waals surface area contributed by atoms with Crippen molar-refractivity contribution in [3.63, 3.8) is 0 Å². The van der Waals surface area contributed by atoms with Crippen LogP contribution in [0.4, 0.5) is 0 Å². The summed E-state index contributed by atoms with van der Waals surface area (Å²) < 4.78 is 0. The molecule has 1 unspecified atom stereocenters. The van der Waals surface area contributed by atoms with Gasteiger partial charge in [0.2, 0.25) is 0 Å². The lowest BCUT2D eigenvalue weighted by Crippen LogP contribution is -3.00. The maximum Gasteiger partial charge on any atom is -0.00708 e. The number of halogens is 1. The maximum absolute atomic E-state index is 2.39. The van der Waals surface area contributed by atoms with Gasteiger partial charge >= 0.3 is 0 Å². The lowest BCUT2D eigenvalue weighted by molar-refractivity contribution is -0.00000160. The van der Waals surface area contributed by atoms with Gasteiger partial charge in [0.05, 0.1) is 0 Å². The lowest BCUT2D eigenvalue weighted by Gasteiger charge is -2.09. The van der Waals surface area contributed by atoms with Gasteiger partial charge in [0.15, 0.2) is 0 Å². The molecule has 0 bridgehead atoms. The summed E-state index contributed by atoms with van der Waals surface area (Å²) in [6.07, 6.45) is 5.36. The van der Waals surface area contributed by atoms with E-state index in [1.807, 2.05) is 0 Å². The molecule has 0 aromatic heterocycles. The molecule has 0 aliphatic carbocycles. The van der Waals surface area contributed by atoms with Crippen LogP contribution in [-0.2, 0) is 0 Å². The van der Waals surface area contributed by atoms with Crippen molar-refractivity contribution in [3.05, 3.63) is 0 Å². The van der Waals surface area contributed by atoms with Gasteiger partial charge in [0.25, 0.3) is 0 Å². The molecule has 1 atom stereocenters. The number of hydrogen-bond acceptors (Lipinski definition) is 0. The maximum atomic E-state index is 2.39. The molecule has 0 N–H and O–H groups in total. The molecule has 1 saturated heterocycles. The third-order valence-corrected chi connectivity index (χ3v) is 4.31. The molecule has 0 aromatic carbocycles. The summed E-state index contributed by atoms with van der Waals surface area (Å²) in [5, 5.41) is 1.04. The van der Waals surface area contributed by atoms with Gasteiger partial charge in [0, 0.05) is 0 Å². The Morgan fingerprint density at radius 3 is 2.25 bits per heavy atom. The Labute approximate surface area is 71.8 Å². The molecule has 1 heterocycles. The average Bonchev–Trinajstić information content (AvgIpc) is 1.91. The van der Waals surface area contributed by atoms with E-state index in [4.69, 9.17) is 0 Å². The summed E-state index contributed by atoms with van der Waals surface area (Å²) in [6.45, 7) is 2.37. The molecule has 0 amide bonds. The second kappa shape index (κ2) is 3.99. The van der Waals surface area contributed by atoms with E-state index in [0.717, 1.165) is 16.1 Å². The summed E-state index contributed by atoms with van der Waals surface area (Å²) >= 11 is 0. The van der Waals surface area contributed by atoms with Gasteiger partial charge in [-0.2, -0.15) is 0 Å². The van der Waals surface area contributed by atoms with Crippen molar-refractivity contribution in [2.45, 2.75) is 25.0 Å². The molecule has 1 aliphatic heterocycles. The Bertz CT molecular complexity index is 57.5. The van der Waals surface area contributed by atoms with Crippen LogP contribution in [0.3, 0.4) is 0 Å². The third kappa shape index (κ3) is 2.13. The van der Waals surface area contributed by atoms with Gasteiger partial charge in [-0.3, -0.25) is 0 Å². The molecule has 0 spiro atoms. The second-order valence-corrected chi connectivity index (χ2v) is 4.94. The minimum absolute atomic E-state index is 0. The zero-order valence-corrected chi connectivity index (χ0v) is 8.46. The van der Waals surface area contributed by atoms with Crippen LogP contribution < -0.4 is 24.0 Å². The van der Waals surface area contributed by atoms with Crippen LogP contribution in [0.2, 0.25) is 0 Å². The second-order valence-electron chi connectivity index (χ2n) is 2.35. The summed E-state index contributed by atoms with van der Waals surface area (Å²) in [4.78, 5) is 0. The lowest BCUT2D eigenvalue weighted by atomic mass is 10.3. The minimum Gasteiger partial charge on any atom is -1.00 e. The van der Waals surface area contributed by atoms with Crippen molar-refractivity contribution in [1.82, 2.24) is 0 Å². The van der Waals surface area contributed by atoms with Crippen molar-refractivity contribution in [2.75, 3.05) is 12.0 Å². The SMILES string of the molecule is CC1CCC[S]1C.[I-]. The summed E-state index contributed by atoms with van der Waals surface area (Å²) in [6, 6.07) is 0. The van der Waals surface area contributed by atoms with Crippen LogP contribution >= 0.6 is 10.9 Å². The first-order valence-electron chi connectivity index (χ1n) is 2.92. The standard InChI is InChI=1S/C6H13S.HI/c1-6-4-3-5-7(6)2;/h6H,3-5H2,1-2H3;1H/p-1. The minimum atomic E-state index is 0. The molecule has 1 fully saturated rings. The first-order chi connectivity index (χ1) is 3.30. The molecule has 0 saturated carbocycles. The Hall–Kier alpha value is 1.08. The highest BCUT2D eigenvalue weighted by atomic mass is 127. The van der Waals surface area contributed by atoms with Crippen molar-refractivity contribution >= 4 is 10.9 Å². The Morgan fingerprint density at radius 1 is 1.50 bits per heavy atom. The number of hydrogen-bond donors (Lipinski definition) is 0. The summed E-state index contributed by atoms with van der Waals surface area (Å²) in [7, 11) is 0.782. The van der Waals surface area contributed by atoms with E-state index in [1.165, 1.54) is 18.6 Å². The monoisotopic (exact) mass is 244 g/mol. The molecule has 1 radical (unpaired) electrons. The largest absolute Gasteiger partial charge is 1.00 e. The fourth-order valence-electron chi connectivity index (χ4n) is 1.00. The number of rotatable bonds is 0. The van der Waals surface area contributed by atoms with Gasteiger partial charge < -0.3 is 24.0 Å². The van der Waals surface area contributed by atoms with Gasteiger partial charge in [-0.05, 0) is 30.1 Å². The van der Waals surface area contributed by atoms with E-state index < -0.39 is 0 Å². The molecule has 1 rings (SSSR count). The third-order valence-electron chi connectivity index (χ3n) is 1.76. The molecule has 51 valence electrons. The zero-order chi connectivity index (χ0) is 5.28. The molecule has 0 nitrogen and oxygen atoms in total. The summed E-state index contributed by atoms with van der Waals surface area (Å²) in [5.41, 5.74) is 0. The molecule has 0 aromatic rings. The quantitative estimate of drug-likeness (QED) is 0.483. The van der Waals surface area contributed by atoms with Crippen molar-refractivity contribution in [3.8, 4) is 0 Å². The zero-order valence-electron chi connectivity index (χ0n) is 5.48. The average molecular weight is 244 g/mol. The normalized spacial score (nSPS) is 30.0. The first kappa shape index (κ1) is 9.08. The van der Waals surface area contributed by atoms with E-state index in [1.54, 1.807) is 0 Å². The summed E-state index contributed by atoms with van der Waals surface area (Å²) in [5.74, 6) is 1.50. The highest BCUT2D eigenvalue weighted by Crippen LogP contribution is 2.37. The van der Waals surface area contributed by atoms with Crippen LogP contribution in [-0.4, -0.2) is 17.3 Å². The first-order valence-corrected chi connectivity index (χ1v) is 4.78. The highest BCUT2D eigenvalue weighted by Gasteiger charge is 2.15. The van der Waals surface area contributed by atoms with Crippen LogP contribution in [0, 0.1) is 0 Å². The molecular formula is C6H13IS-. The fraction of sp³-hybridized carbons (Fsp3) is 1.00. The van der Waals surface area contributed by atoms with E-state index in [-0.39, 0.29) is 24.0 Å². The van der Waals surface area contributed by atoms with E-state index in [2.05, 4.69) is 13.2 Å². The Morgan fingerprint density at radius 2 is 2.12 bits per heavy atom. The van der Waals surface area contributed by atoms with Crippen LogP contribution in [0.15, 0.2) is 0 Å². The van der Waals surface area contributed by atoms with Crippen LogP contribution in [0.25, 0.3) is 0 Å². The van der Waals surface area contributed by atoms with E-state index in [9.17, 15) is 0 Å². The smallest absolute Gasteiger partial charge is 0.00708 e. The van der Waals surface area contributed by atoms with E-state index >= 15 is 0 Å². The van der Waals surface area contributed by atoms with Gasteiger partial charge in [-0.15, -0.1) is 0 Å². The Kier molecular flexibility index (Phi) is 4.52. The fourth-order valence-corrected chi connectivity index (χ4v) is 2.59. The predicted molar refractivity (Wildman–Crippen MR) is 37.1 cm³/mol. The van der Waals surface area contributed by atoms with E-state index in [0.29, 0.717) is 0 Å². The van der Waals surface area contributed by atoms with Gasteiger partial charge in [-0.25, -0.2) is 10.9 Å².